The van der Waals surface area contributed by atoms with E-state index in [1.807, 2.05) is 0 Å². The highest BCUT2D eigenvalue weighted by molar-refractivity contribution is 7.99. The Labute approximate surface area is 117 Å². The first-order valence-corrected chi connectivity index (χ1v) is 9.16. The number of hydrogen-bond donors (Lipinski definition) is 1. The van der Waals surface area contributed by atoms with Crippen LogP contribution in [0.2, 0.25) is 0 Å². The van der Waals surface area contributed by atoms with Crippen LogP contribution in [0.15, 0.2) is 0 Å². The summed E-state index contributed by atoms with van der Waals surface area (Å²) >= 11 is 1.71. The molecule has 0 saturated carbocycles. The van der Waals surface area contributed by atoms with Crippen LogP contribution >= 0.6 is 11.8 Å². The minimum Gasteiger partial charge on any atom is -0.480 e. The third-order valence-electron chi connectivity index (χ3n) is 3.38. The molecule has 0 aliphatic carbocycles. The van der Waals surface area contributed by atoms with Gasteiger partial charge in [0.2, 0.25) is 10.0 Å². The van der Waals surface area contributed by atoms with Crippen LogP contribution in [0.25, 0.3) is 0 Å². The van der Waals surface area contributed by atoms with Crippen molar-refractivity contribution in [2.75, 3.05) is 30.4 Å². The SMILES string of the molecule is O=C(O)CS(=O)(=O)N(CC1CCCO1)C1CCSC1. The zero-order valence-corrected chi connectivity index (χ0v) is 12.3. The molecule has 8 heteroatoms. The maximum Gasteiger partial charge on any atom is 0.320 e. The van der Waals surface area contributed by atoms with Crippen LogP contribution in [0.3, 0.4) is 0 Å². The zero-order chi connectivity index (χ0) is 13.9. The van der Waals surface area contributed by atoms with Crippen LogP contribution in [0.1, 0.15) is 19.3 Å². The average molecular weight is 309 g/mol. The predicted octanol–water partition coefficient (Wildman–Crippen LogP) is 0.387. The van der Waals surface area contributed by atoms with E-state index in [-0.39, 0.29) is 12.1 Å². The second-order valence-electron chi connectivity index (χ2n) is 4.87. The van der Waals surface area contributed by atoms with Crippen LogP contribution in [-0.4, -0.2) is 66.4 Å². The van der Waals surface area contributed by atoms with Crippen molar-refractivity contribution in [1.82, 2.24) is 4.31 Å². The highest BCUT2D eigenvalue weighted by Gasteiger charge is 2.36. The van der Waals surface area contributed by atoms with Gasteiger partial charge in [-0.1, -0.05) is 0 Å². The Hall–Kier alpha value is -0.310. The summed E-state index contributed by atoms with van der Waals surface area (Å²) in [7, 11) is -3.75. The van der Waals surface area contributed by atoms with Crippen LogP contribution in [0.4, 0.5) is 0 Å². The zero-order valence-electron chi connectivity index (χ0n) is 10.7. The molecule has 2 rings (SSSR count). The lowest BCUT2D eigenvalue weighted by atomic mass is 10.2. The van der Waals surface area contributed by atoms with Gasteiger partial charge in [-0.2, -0.15) is 16.1 Å². The third kappa shape index (κ3) is 4.08. The standard InChI is InChI=1S/C11H19NO5S2/c13-11(14)8-19(15,16)12(9-3-5-18-7-9)6-10-2-1-4-17-10/h9-10H,1-8H2,(H,13,14). The number of thioether (sulfide) groups is 1. The van der Waals surface area contributed by atoms with E-state index >= 15 is 0 Å². The van der Waals surface area contributed by atoms with E-state index in [0.29, 0.717) is 13.2 Å². The van der Waals surface area contributed by atoms with Gasteiger partial charge in [-0.15, -0.1) is 0 Å². The monoisotopic (exact) mass is 309 g/mol. The van der Waals surface area contributed by atoms with E-state index in [4.69, 9.17) is 9.84 Å². The van der Waals surface area contributed by atoms with Gasteiger partial charge < -0.3 is 9.84 Å². The molecule has 110 valence electrons. The normalized spacial score (nSPS) is 28.1. The van der Waals surface area contributed by atoms with Gasteiger partial charge >= 0.3 is 5.97 Å². The van der Waals surface area contributed by atoms with E-state index in [9.17, 15) is 13.2 Å². The quantitative estimate of drug-likeness (QED) is 0.764. The molecule has 0 amide bonds. The van der Waals surface area contributed by atoms with Gasteiger partial charge in [-0.25, -0.2) is 8.42 Å². The Morgan fingerprint density at radius 3 is 2.74 bits per heavy atom. The van der Waals surface area contributed by atoms with E-state index in [1.54, 1.807) is 11.8 Å². The molecule has 2 aliphatic rings. The van der Waals surface area contributed by atoms with Crippen molar-refractivity contribution < 1.29 is 23.1 Å². The number of nitrogens with zero attached hydrogens (tertiary/aromatic N) is 1. The molecule has 0 aromatic carbocycles. The van der Waals surface area contributed by atoms with Crippen molar-refractivity contribution in [2.45, 2.75) is 31.4 Å². The molecule has 0 aromatic rings. The highest BCUT2D eigenvalue weighted by atomic mass is 32.2. The van der Waals surface area contributed by atoms with Crippen molar-refractivity contribution in [1.29, 1.82) is 0 Å². The minimum atomic E-state index is -3.75. The largest absolute Gasteiger partial charge is 0.480 e. The van der Waals surface area contributed by atoms with Crippen molar-refractivity contribution in [2.24, 2.45) is 0 Å². The van der Waals surface area contributed by atoms with Crippen LogP contribution in [0, 0.1) is 0 Å². The smallest absolute Gasteiger partial charge is 0.320 e. The van der Waals surface area contributed by atoms with E-state index in [0.717, 1.165) is 30.8 Å². The van der Waals surface area contributed by atoms with Crippen molar-refractivity contribution in [3.05, 3.63) is 0 Å². The Bertz CT molecular complexity index is 413. The highest BCUT2D eigenvalue weighted by Crippen LogP contribution is 2.26. The molecular formula is C11H19NO5S2. The number of aliphatic carboxylic acids is 1. The molecule has 0 spiro atoms. The second-order valence-corrected chi connectivity index (χ2v) is 7.94. The maximum atomic E-state index is 12.2. The molecule has 0 aromatic heterocycles. The topological polar surface area (TPSA) is 83.9 Å². The molecule has 1 N–H and O–H groups in total. The number of carbonyl (C=O) groups is 1. The average Bonchev–Trinajstić information content (AvgIpc) is 2.97. The van der Waals surface area contributed by atoms with E-state index < -0.39 is 21.7 Å². The first-order valence-electron chi connectivity index (χ1n) is 6.40. The Balaban J connectivity index is 2.10. The summed E-state index contributed by atoms with van der Waals surface area (Å²) in [6.45, 7) is 0.956. The molecule has 6 nitrogen and oxygen atoms in total. The molecule has 19 heavy (non-hydrogen) atoms. The van der Waals surface area contributed by atoms with Crippen LogP contribution in [-0.2, 0) is 19.6 Å². The predicted molar refractivity (Wildman–Crippen MR) is 72.8 cm³/mol. The first-order chi connectivity index (χ1) is 8.99. The molecule has 2 unspecified atom stereocenters. The van der Waals surface area contributed by atoms with Gasteiger partial charge in [0, 0.05) is 24.9 Å². The number of carboxylic acids is 1. The Morgan fingerprint density at radius 1 is 1.42 bits per heavy atom. The molecule has 0 radical (unpaired) electrons. The van der Waals surface area contributed by atoms with Crippen LogP contribution < -0.4 is 0 Å². The summed E-state index contributed by atoms with van der Waals surface area (Å²) in [6, 6.07) is -0.0847. The fourth-order valence-corrected chi connectivity index (χ4v) is 5.29. The van der Waals surface area contributed by atoms with E-state index in [2.05, 4.69) is 0 Å². The molecule has 2 heterocycles. The molecule has 2 atom stereocenters. The summed E-state index contributed by atoms with van der Waals surface area (Å²) in [5.74, 6) is -0.468. The summed E-state index contributed by atoms with van der Waals surface area (Å²) < 4.78 is 31.2. The summed E-state index contributed by atoms with van der Waals surface area (Å²) in [5.41, 5.74) is 0. The lowest BCUT2D eigenvalue weighted by Crippen LogP contribution is -2.46. The number of hydrogen-bond acceptors (Lipinski definition) is 5. The second kappa shape index (κ2) is 6.43. The summed E-state index contributed by atoms with van der Waals surface area (Å²) in [4.78, 5) is 10.7. The molecule has 2 saturated heterocycles. The lowest BCUT2D eigenvalue weighted by molar-refractivity contribution is -0.134. The van der Waals surface area contributed by atoms with Gasteiger partial charge in [0.25, 0.3) is 0 Å². The van der Waals surface area contributed by atoms with Gasteiger partial charge in [0.05, 0.1) is 6.10 Å². The number of sulfonamides is 1. The van der Waals surface area contributed by atoms with Crippen LogP contribution in [0.5, 0.6) is 0 Å². The van der Waals surface area contributed by atoms with Crippen molar-refractivity contribution in [3.63, 3.8) is 0 Å². The molecule has 2 fully saturated rings. The Kier molecular flexibility index (Phi) is 5.10. The molecule has 0 bridgehead atoms. The third-order valence-corrected chi connectivity index (χ3v) is 6.30. The summed E-state index contributed by atoms with van der Waals surface area (Å²) in [5, 5.41) is 8.76. The van der Waals surface area contributed by atoms with Gasteiger partial charge in [0.1, 0.15) is 0 Å². The Morgan fingerprint density at radius 2 is 2.21 bits per heavy atom. The minimum absolute atomic E-state index is 0.0847. The lowest BCUT2D eigenvalue weighted by Gasteiger charge is -2.29. The number of rotatable bonds is 6. The molecule has 2 aliphatic heterocycles. The van der Waals surface area contributed by atoms with Crippen molar-refractivity contribution >= 4 is 27.8 Å². The van der Waals surface area contributed by atoms with Gasteiger partial charge in [0.15, 0.2) is 5.75 Å². The number of carboxylic acid groups (broad SMARTS) is 1. The fourth-order valence-electron chi connectivity index (χ4n) is 2.47. The number of ether oxygens (including phenoxy) is 1. The van der Waals surface area contributed by atoms with Crippen molar-refractivity contribution in [3.8, 4) is 0 Å². The maximum absolute atomic E-state index is 12.2. The van der Waals surface area contributed by atoms with Gasteiger partial charge in [-0.3, -0.25) is 4.79 Å². The molecular weight excluding hydrogens is 290 g/mol. The van der Waals surface area contributed by atoms with E-state index in [1.165, 1.54) is 4.31 Å². The first kappa shape index (κ1) is 15.1. The fraction of sp³-hybridized carbons (Fsp3) is 0.909. The summed E-state index contributed by atoms with van der Waals surface area (Å²) in [6.07, 6.45) is 2.49. The van der Waals surface area contributed by atoms with Gasteiger partial charge in [-0.05, 0) is 25.0 Å².